The molecule has 1 heterocycles. The summed E-state index contributed by atoms with van der Waals surface area (Å²) < 4.78 is 7.77. The number of methoxy groups -OCH3 is 1. The molecule has 148 valence electrons. The van der Waals surface area contributed by atoms with Gasteiger partial charge in [0.15, 0.2) is 0 Å². The summed E-state index contributed by atoms with van der Waals surface area (Å²) in [5.41, 5.74) is 5.76. The van der Waals surface area contributed by atoms with Crippen LogP contribution in [0.4, 0.5) is 0 Å². The number of hydrogen-bond donors (Lipinski definition) is 0. The van der Waals surface area contributed by atoms with E-state index in [1.54, 1.807) is 7.11 Å². The molecule has 0 atom stereocenters. The standard InChI is InChI=1S/C26H28N2O/c1-3-4-5-9-18-28-25-17-16-23(29-2)19-24(25)27-26(28)22-14-12-21(13-15-22)20-10-7-6-8-11-20/h6-8,10-17,19H,3-5,9,18H2,1-2H3. The average Bonchev–Trinajstić information content (AvgIpc) is 3.15. The normalized spacial score (nSPS) is 11.1. The van der Waals surface area contributed by atoms with Crippen molar-refractivity contribution in [2.45, 2.75) is 39.2 Å². The lowest BCUT2D eigenvalue weighted by molar-refractivity contribution is 0.415. The highest BCUT2D eigenvalue weighted by atomic mass is 16.5. The molecule has 4 rings (SSSR count). The number of rotatable bonds is 8. The van der Waals surface area contributed by atoms with Crippen LogP contribution in [0.2, 0.25) is 0 Å². The van der Waals surface area contributed by atoms with E-state index in [9.17, 15) is 0 Å². The first-order chi connectivity index (χ1) is 14.3. The summed E-state index contributed by atoms with van der Waals surface area (Å²) in [6, 6.07) is 25.4. The maximum Gasteiger partial charge on any atom is 0.141 e. The van der Waals surface area contributed by atoms with E-state index in [0.29, 0.717) is 0 Å². The Balaban J connectivity index is 1.71. The lowest BCUT2D eigenvalue weighted by atomic mass is 10.0. The van der Waals surface area contributed by atoms with Gasteiger partial charge in [-0.2, -0.15) is 0 Å². The maximum atomic E-state index is 5.41. The Kier molecular flexibility index (Phi) is 5.95. The lowest BCUT2D eigenvalue weighted by Gasteiger charge is -2.10. The second-order valence-electron chi connectivity index (χ2n) is 7.45. The van der Waals surface area contributed by atoms with Gasteiger partial charge in [0.25, 0.3) is 0 Å². The predicted octanol–water partition coefficient (Wildman–Crippen LogP) is 6.96. The monoisotopic (exact) mass is 384 g/mol. The molecule has 3 heteroatoms. The second kappa shape index (κ2) is 8.95. The van der Waals surface area contributed by atoms with E-state index in [-0.39, 0.29) is 0 Å². The van der Waals surface area contributed by atoms with Crippen LogP contribution in [0.15, 0.2) is 72.8 Å². The minimum atomic E-state index is 0.846. The summed E-state index contributed by atoms with van der Waals surface area (Å²) in [6.45, 7) is 3.23. The summed E-state index contributed by atoms with van der Waals surface area (Å²) in [5.74, 6) is 1.88. The largest absolute Gasteiger partial charge is 0.497 e. The molecule has 0 aliphatic carbocycles. The van der Waals surface area contributed by atoms with E-state index in [0.717, 1.165) is 29.2 Å². The summed E-state index contributed by atoms with van der Waals surface area (Å²) >= 11 is 0. The van der Waals surface area contributed by atoms with Gasteiger partial charge in [0.2, 0.25) is 0 Å². The quantitative estimate of drug-likeness (QED) is 0.307. The van der Waals surface area contributed by atoms with Gasteiger partial charge in [0, 0.05) is 18.2 Å². The third kappa shape index (κ3) is 4.19. The third-order valence-electron chi connectivity index (χ3n) is 5.44. The molecule has 0 radical (unpaired) electrons. The number of fused-ring (bicyclic) bond motifs is 1. The molecule has 3 nitrogen and oxygen atoms in total. The molecule has 29 heavy (non-hydrogen) atoms. The Hall–Kier alpha value is -3.07. The summed E-state index contributed by atoms with van der Waals surface area (Å²) in [4.78, 5) is 4.98. The Bertz CT molecular complexity index is 1070. The number of benzene rings is 3. The van der Waals surface area contributed by atoms with Crippen molar-refractivity contribution in [2.75, 3.05) is 7.11 Å². The van der Waals surface area contributed by atoms with Crippen LogP contribution in [-0.4, -0.2) is 16.7 Å². The van der Waals surface area contributed by atoms with Gasteiger partial charge in [0.05, 0.1) is 18.1 Å². The van der Waals surface area contributed by atoms with Crippen LogP contribution < -0.4 is 4.74 Å². The first kappa shape index (κ1) is 19.3. The zero-order valence-corrected chi connectivity index (χ0v) is 17.3. The van der Waals surface area contributed by atoms with Crippen LogP contribution in [0.5, 0.6) is 5.75 Å². The molecule has 0 aliphatic heterocycles. The molecular formula is C26H28N2O. The zero-order chi connectivity index (χ0) is 20.1. The van der Waals surface area contributed by atoms with Crippen molar-refractivity contribution in [3.63, 3.8) is 0 Å². The van der Waals surface area contributed by atoms with Crippen molar-refractivity contribution in [1.29, 1.82) is 0 Å². The Labute approximate surface area is 173 Å². The molecule has 0 spiro atoms. The highest BCUT2D eigenvalue weighted by Gasteiger charge is 2.13. The number of hydrogen-bond acceptors (Lipinski definition) is 2. The number of unbranched alkanes of at least 4 members (excludes halogenated alkanes) is 3. The van der Waals surface area contributed by atoms with Crippen LogP contribution >= 0.6 is 0 Å². The third-order valence-corrected chi connectivity index (χ3v) is 5.44. The lowest BCUT2D eigenvalue weighted by Crippen LogP contribution is -2.01. The Morgan fingerprint density at radius 1 is 0.793 bits per heavy atom. The molecule has 0 saturated carbocycles. The van der Waals surface area contributed by atoms with Crippen LogP contribution in [0.3, 0.4) is 0 Å². The molecule has 3 aromatic carbocycles. The van der Waals surface area contributed by atoms with Crippen molar-refractivity contribution in [2.24, 2.45) is 0 Å². The molecule has 0 amide bonds. The minimum Gasteiger partial charge on any atom is -0.497 e. The van der Waals surface area contributed by atoms with Crippen LogP contribution in [0.1, 0.15) is 32.6 Å². The number of nitrogens with zero attached hydrogens (tertiary/aromatic N) is 2. The molecule has 0 saturated heterocycles. The van der Waals surface area contributed by atoms with Crippen LogP contribution in [0.25, 0.3) is 33.5 Å². The molecular weight excluding hydrogens is 356 g/mol. The van der Waals surface area contributed by atoms with E-state index in [4.69, 9.17) is 9.72 Å². The topological polar surface area (TPSA) is 27.1 Å². The van der Waals surface area contributed by atoms with Gasteiger partial charge in [-0.25, -0.2) is 4.98 Å². The molecule has 0 unspecified atom stereocenters. The molecule has 4 aromatic rings. The van der Waals surface area contributed by atoms with Gasteiger partial charge < -0.3 is 9.30 Å². The van der Waals surface area contributed by atoms with Gasteiger partial charge in [-0.3, -0.25) is 0 Å². The molecule has 1 aromatic heterocycles. The maximum absolute atomic E-state index is 5.41. The van der Waals surface area contributed by atoms with Crippen molar-refractivity contribution in [3.05, 3.63) is 72.8 Å². The zero-order valence-electron chi connectivity index (χ0n) is 17.3. The van der Waals surface area contributed by atoms with Crippen molar-refractivity contribution in [1.82, 2.24) is 9.55 Å². The summed E-state index contributed by atoms with van der Waals surface area (Å²) in [7, 11) is 1.70. The van der Waals surface area contributed by atoms with Gasteiger partial charge in [-0.05, 0) is 29.7 Å². The van der Waals surface area contributed by atoms with E-state index in [1.165, 1.54) is 42.3 Å². The summed E-state index contributed by atoms with van der Waals surface area (Å²) in [5, 5.41) is 0. The van der Waals surface area contributed by atoms with Crippen LogP contribution in [0, 0.1) is 0 Å². The molecule has 0 fully saturated rings. The highest BCUT2D eigenvalue weighted by molar-refractivity contribution is 5.82. The van der Waals surface area contributed by atoms with E-state index in [2.05, 4.69) is 66.1 Å². The molecule has 0 aliphatic rings. The summed E-state index contributed by atoms with van der Waals surface area (Å²) in [6.07, 6.45) is 4.94. The minimum absolute atomic E-state index is 0.846. The first-order valence-corrected chi connectivity index (χ1v) is 10.5. The fourth-order valence-electron chi connectivity index (χ4n) is 3.82. The molecule has 0 bridgehead atoms. The number of imidazole rings is 1. The Morgan fingerprint density at radius 3 is 2.24 bits per heavy atom. The first-order valence-electron chi connectivity index (χ1n) is 10.5. The number of aromatic nitrogens is 2. The number of aryl methyl sites for hydroxylation is 1. The van der Waals surface area contributed by atoms with E-state index >= 15 is 0 Å². The van der Waals surface area contributed by atoms with Crippen molar-refractivity contribution < 1.29 is 4.74 Å². The van der Waals surface area contributed by atoms with Crippen LogP contribution in [-0.2, 0) is 6.54 Å². The van der Waals surface area contributed by atoms with Crippen molar-refractivity contribution in [3.8, 4) is 28.3 Å². The highest BCUT2D eigenvalue weighted by Crippen LogP contribution is 2.30. The fourth-order valence-corrected chi connectivity index (χ4v) is 3.82. The van der Waals surface area contributed by atoms with Crippen molar-refractivity contribution >= 4 is 11.0 Å². The average molecular weight is 385 g/mol. The van der Waals surface area contributed by atoms with E-state index < -0.39 is 0 Å². The van der Waals surface area contributed by atoms with Gasteiger partial charge in [0.1, 0.15) is 11.6 Å². The fraction of sp³-hybridized carbons (Fsp3) is 0.269. The van der Waals surface area contributed by atoms with Gasteiger partial charge >= 0.3 is 0 Å². The SMILES string of the molecule is CCCCCCn1c(-c2ccc(-c3ccccc3)cc2)nc2cc(OC)ccc21. The second-order valence-corrected chi connectivity index (χ2v) is 7.45. The smallest absolute Gasteiger partial charge is 0.141 e. The Morgan fingerprint density at radius 2 is 1.52 bits per heavy atom. The van der Waals surface area contributed by atoms with Gasteiger partial charge in [-0.15, -0.1) is 0 Å². The van der Waals surface area contributed by atoms with E-state index in [1.807, 2.05) is 18.2 Å². The van der Waals surface area contributed by atoms with Gasteiger partial charge in [-0.1, -0.05) is 80.8 Å². The number of ether oxygens (including phenoxy) is 1. The predicted molar refractivity (Wildman–Crippen MR) is 121 cm³/mol. The molecule has 0 N–H and O–H groups in total.